The number of nitrogens with two attached hydrogens (primary N) is 1. The summed E-state index contributed by atoms with van der Waals surface area (Å²) in [4.78, 5) is 14.5. The summed E-state index contributed by atoms with van der Waals surface area (Å²) in [6.45, 7) is 1.75. The number of piperidine rings is 1. The first-order chi connectivity index (χ1) is 13.7. The van der Waals surface area contributed by atoms with Crippen molar-refractivity contribution in [2.45, 2.75) is 25.2 Å². The van der Waals surface area contributed by atoms with Crippen molar-refractivity contribution in [3.05, 3.63) is 54.2 Å². The second-order valence-electron chi connectivity index (χ2n) is 6.66. The number of rotatable bonds is 4. The van der Waals surface area contributed by atoms with Crippen LogP contribution in [0.5, 0.6) is 5.75 Å². The predicted molar refractivity (Wildman–Crippen MR) is 107 cm³/mol. The van der Waals surface area contributed by atoms with Crippen LogP contribution in [0.2, 0.25) is 0 Å². The molecule has 142 valence electrons. The standard InChI is InChI=1S/C20H21N7O/c21-9-18-19(28-17-2-1-5-24-12-17)8-16(11-25-18)27-13-15(10-26-20(27)22)14-3-6-23-7-4-14/h3-4,6-8,10-11,13,17,20,24H,1-2,5,12,22H2. The molecule has 0 aliphatic carbocycles. The molecule has 1 saturated heterocycles. The number of nitrogens with zero attached hydrogens (tertiary/aromatic N) is 5. The maximum Gasteiger partial charge on any atom is 0.182 e. The van der Waals surface area contributed by atoms with Gasteiger partial charge in [0, 0.05) is 43.0 Å². The number of anilines is 1. The van der Waals surface area contributed by atoms with Gasteiger partial charge in [-0.15, -0.1) is 0 Å². The second kappa shape index (κ2) is 8.17. The Kier molecular flexibility index (Phi) is 5.28. The highest BCUT2D eigenvalue weighted by atomic mass is 16.5. The molecule has 0 radical (unpaired) electrons. The van der Waals surface area contributed by atoms with Crippen molar-refractivity contribution in [2.75, 3.05) is 18.0 Å². The lowest BCUT2D eigenvalue weighted by Gasteiger charge is -2.29. The van der Waals surface area contributed by atoms with Gasteiger partial charge in [-0.05, 0) is 37.1 Å². The zero-order valence-corrected chi connectivity index (χ0v) is 15.3. The smallest absolute Gasteiger partial charge is 0.182 e. The summed E-state index contributed by atoms with van der Waals surface area (Å²) in [5.41, 5.74) is 9.06. The van der Waals surface area contributed by atoms with Crippen molar-refractivity contribution < 1.29 is 4.74 Å². The third-order valence-electron chi connectivity index (χ3n) is 4.73. The van der Waals surface area contributed by atoms with Gasteiger partial charge in [0.05, 0.1) is 11.9 Å². The number of allylic oxidation sites excluding steroid dienone is 1. The maximum atomic E-state index is 9.40. The number of hydrogen-bond acceptors (Lipinski definition) is 8. The van der Waals surface area contributed by atoms with Crippen LogP contribution in [0.1, 0.15) is 24.1 Å². The third kappa shape index (κ3) is 3.86. The van der Waals surface area contributed by atoms with Crippen molar-refractivity contribution >= 4 is 17.5 Å². The molecule has 1 fully saturated rings. The van der Waals surface area contributed by atoms with Gasteiger partial charge in [0.15, 0.2) is 17.7 Å². The summed E-state index contributed by atoms with van der Waals surface area (Å²) in [5.74, 6) is 0.467. The minimum atomic E-state index is -0.579. The number of pyridine rings is 2. The Hall–Kier alpha value is -3.28. The van der Waals surface area contributed by atoms with Crippen LogP contribution in [0.3, 0.4) is 0 Å². The van der Waals surface area contributed by atoms with E-state index in [1.54, 1.807) is 24.8 Å². The molecule has 3 N–H and O–H groups in total. The molecule has 2 aromatic heterocycles. The van der Waals surface area contributed by atoms with Gasteiger partial charge in [0.25, 0.3) is 0 Å². The molecular weight excluding hydrogens is 354 g/mol. The molecule has 2 unspecified atom stereocenters. The summed E-state index contributed by atoms with van der Waals surface area (Å²) >= 11 is 0. The van der Waals surface area contributed by atoms with E-state index in [2.05, 4.69) is 26.3 Å². The number of aliphatic imine (C=N–C) groups is 1. The molecule has 2 aromatic rings. The molecule has 8 heteroatoms. The molecule has 2 atom stereocenters. The van der Waals surface area contributed by atoms with Crippen LogP contribution in [-0.2, 0) is 0 Å². The van der Waals surface area contributed by atoms with E-state index in [1.807, 2.05) is 29.3 Å². The number of nitriles is 1. The summed E-state index contributed by atoms with van der Waals surface area (Å²) in [6, 6.07) is 7.73. The van der Waals surface area contributed by atoms with E-state index in [0.717, 1.165) is 37.1 Å². The van der Waals surface area contributed by atoms with E-state index in [0.29, 0.717) is 11.4 Å². The quantitative estimate of drug-likeness (QED) is 0.835. The highest BCUT2D eigenvalue weighted by Crippen LogP contribution is 2.29. The van der Waals surface area contributed by atoms with E-state index in [9.17, 15) is 5.26 Å². The lowest BCUT2D eigenvalue weighted by atomic mass is 10.1. The topological polar surface area (TPSA) is 112 Å². The molecule has 4 rings (SSSR count). The molecule has 0 amide bonds. The Bertz CT molecular complexity index is 929. The van der Waals surface area contributed by atoms with Crippen LogP contribution in [-0.4, -0.2) is 41.7 Å². The van der Waals surface area contributed by atoms with Crippen LogP contribution in [0.15, 0.2) is 48.0 Å². The SMILES string of the molecule is N#Cc1ncc(N2C=C(c3ccncc3)C=NC2N)cc1OC1CCCNC1. The van der Waals surface area contributed by atoms with Gasteiger partial charge in [-0.1, -0.05) is 0 Å². The van der Waals surface area contributed by atoms with Crippen molar-refractivity contribution in [3.8, 4) is 11.8 Å². The van der Waals surface area contributed by atoms with E-state index >= 15 is 0 Å². The van der Waals surface area contributed by atoms with Crippen LogP contribution >= 0.6 is 0 Å². The van der Waals surface area contributed by atoms with Crippen molar-refractivity contribution in [2.24, 2.45) is 10.7 Å². The Balaban J connectivity index is 1.64. The van der Waals surface area contributed by atoms with Crippen molar-refractivity contribution in [1.82, 2.24) is 15.3 Å². The van der Waals surface area contributed by atoms with Gasteiger partial charge >= 0.3 is 0 Å². The Morgan fingerprint density at radius 3 is 2.93 bits per heavy atom. The maximum absolute atomic E-state index is 9.40. The van der Waals surface area contributed by atoms with Crippen LogP contribution in [0, 0.1) is 11.3 Å². The minimum Gasteiger partial charge on any atom is -0.486 e. The summed E-state index contributed by atoms with van der Waals surface area (Å²) in [6.07, 6.45) is 10.2. The monoisotopic (exact) mass is 375 g/mol. The molecule has 2 aliphatic heterocycles. The first kappa shape index (κ1) is 18.1. The molecule has 0 spiro atoms. The van der Waals surface area contributed by atoms with Gasteiger partial charge in [-0.2, -0.15) is 5.26 Å². The molecule has 4 heterocycles. The summed E-state index contributed by atoms with van der Waals surface area (Å²) < 4.78 is 6.07. The zero-order chi connectivity index (χ0) is 19.3. The molecule has 2 aliphatic rings. The molecule has 28 heavy (non-hydrogen) atoms. The third-order valence-corrected chi connectivity index (χ3v) is 4.73. The predicted octanol–water partition coefficient (Wildman–Crippen LogP) is 1.65. The van der Waals surface area contributed by atoms with Crippen LogP contribution in [0.25, 0.3) is 5.57 Å². The average Bonchev–Trinajstić information content (AvgIpc) is 2.75. The minimum absolute atomic E-state index is 0.0221. The van der Waals surface area contributed by atoms with Crippen LogP contribution in [0.4, 0.5) is 5.69 Å². The van der Waals surface area contributed by atoms with Gasteiger partial charge < -0.3 is 15.0 Å². The number of nitrogens with one attached hydrogen (secondary N) is 1. The number of hydrogen-bond donors (Lipinski definition) is 2. The Morgan fingerprint density at radius 2 is 2.18 bits per heavy atom. The molecule has 0 aromatic carbocycles. The number of ether oxygens (including phenoxy) is 1. The number of aromatic nitrogens is 2. The van der Waals surface area contributed by atoms with Crippen LogP contribution < -0.4 is 20.7 Å². The second-order valence-corrected chi connectivity index (χ2v) is 6.66. The molecule has 8 nitrogen and oxygen atoms in total. The van der Waals surface area contributed by atoms with Crippen molar-refractivity contribution in [1.29, 1.82) is 5.26 Å². The van der Waals surface area contributed by atoms with Gasteiger partial charge in [0.1, 0.15) is 12.2 Å². The highest BCUT2D eigenvalue weighted by Gasteiger charge is 2.21. The molecule has 0 saturated carbocycles. The van der Waals surface area contributed by atoms with E-state index in [4.69, 9.17) is 10.5 Å². The average molecular weight is 375 g/mol. The lowest BCUT2D eigenvalue weighted by molar-refractivity contribution is 0.166. The largest absolute Gasteiger partial charge is 0.486 e. The fraction of sp³-hybridized carbons (Fsp3) is 0.300. The summed E-state index contributed by atoms with van der Waals surface area (Å²) in [5, 5.41) is 12.7. The summed E-state index contributed by atoms with van der Waals surface area (Å²) in [7, 11) is 0. The zero-order valence-electron chi connectivity index (χ0n) is 15.3. The normalized spacial score (nSPS) is 21.7. The first-order valence-corrected chi connectivity index (χ1v) is 9.21. The van der Waals surface area contributed by atoms with E-state index in [1.165, 1.54) is 0 Å². The van der Waals surface area contributed by atoms with Gasteiger partial charge in [-0.25, -0.2) is 4.98 Å². The Morgan fingerprint density at radius 1 is 1.32 bits per heavy atom. The fourth-order valence-corrected chi connectivity index (χ4v) is 3.26. The van der Waals surface area contributed by atoms with Gasteiger partial charge in [0.2, 0.25) is 0 Å². The van der Waals surface area contributed by atoms with E-state index in [-0.39, 0.29) is 11.8 Å². The first-order valence-electron chi connectivity index (χ1n) is 9.21. The fourth-order valence-electron chi connectivity index (χ4n) is 3.26. The molecular formula is C20H21N7O. The lowest BCUT2D eigenvalue weighted by Crippen LogP contribution is -2.39. The van der Waals surface area contributed by atoms with Crippen molar-refractivity contribution in [3.63, 3.8) is 0 Å². The highest BCUT2D eigenvalue weighted by molar-refractivity contribution is 6.11. The van der Waals surface area contributed by atoms with E-state index < -0.39 is 6.29 Å². The molecule has 0 bridgehead atoms. The van der Waals surface area contributed by atoms with Gasteiger partial charge in [-0.3, -0.25) is 15.7 Å². The Labute approximate surface area is 163 Å².